The molecule has 21 heavy (non-hydrogen) atoms. The summed E-state index contributed by atoms with van der Waals surface area (Å²) < 4.78 is 14.9. The summed E-state index contributed by atoms with van der Waals surface area (Å²) in [5, 5.41) is 4.45. The van der Waals surface area contributed by atoms with Crippen molar-refractivity contribution in [3.8, 4) is 0 Å². The first-order chi connectivity index (χ1) is 9.97. The van der Waals surface area contributed by atoms with Gasteiger partial charge in [-0.25, -0.2) is 4.39 Å². The number of rotatable bonds is 6. The Hall–Kier alpha value is -1.71. The number of hydrogen-bond acceptors (Lipinski definition) is 2. The fourth-order valence-electron chi connectivity index (χ4n) is 2.34. The molecule has 0 radical (unpaired) electrons. The van der Waals surface area contributed by atoms with Crippen LogP contribution in [0, 0.1) is 5.82 Å². The highest BCUT2D eigenvalue weighted by molar-refractivity contribution is 5.10. The van der Waals surface area contributed by atoms with Crippen LogP contribution in [0.4, 0.5) is 4.39 Å². The van der Waals surface area contributed by atoms with Crippen molar-refractivity contribution in [2.24, 2.45) is 0 Å². The lowest BCUT2D eigenvalue weighted by molar-refractivity contribution is 0.428. The summed E-state index contributed by atoms with van der Waals surface area (Å²) in [5.74, 6) is 0.554. The predicted molar refractivity (Wildman–Crippen MR) is 82.9 cm³/mol. The van der Waals surface area contributed by atoms with Gasteiger partial charge in [0.15, 0.2) is 0 Å². The van der Waals surface area contributed by atoms with E-state index in [1.54, 1.807) is 6.07 Å². The topological polar surface area (TPSA) is 30.7 Å². The Morgan fingerprint density at radius 1 is 1.10 bits per heavy atom. The van der Waals surface area contributed by atoms with Gasteiger partial charge in [0.25, 0.3) is 0 Å². The molecule has 0 amide bonds. The molecule has 0 fully saturated rings. The zero-order valence-corrected chi connectivity index (χ0v) is 13.3. The highest BCUT2D eigenvalue weighted by Crippen LogP contribution is 2.24. The first-order valence-electron chi connectivity index (χ1n) is 7.63. The Morgan fingerprint density at radius 2 is 1.86 bits per heavy atom. The molecule has 0 aliphatic heterocycles. The van der Waals surface area contributed by atoms with Crippen LogP contribution in [-0.2, 0) is 0 Å². The Kier molecular flexibility index (Phi) is 5.10. The van der Waals surface area contributed by atoms with Gasteiger partial charge in [-0.1, -0.05) is 20.8 Å². The molecule has 0 bridgehead atoms. The first-order valence-corrected chi connectivity index (χ1v) is 7.63. The van der Waals surface area contributed by atoms with E-state index in [2.05, 4.69) is 44.0 Å². The second-order valence-corrected chi connectivity index (χ2v) is 6.14. The highest BCUT2D eigenvalue weighted by atomic mass is 19.1. The second-order valence-electron chi connectivity index (χ2n) is 6.14. The molecule has 3 nitrogen and oxygen atoms in total. The molecule has 4 heteroatoms. The zero-order valence-electron chi connectivity index (χ0n) is 13.3. The van der Waals surface area contributed by atoms with Crippen LogP contribution in [0.1, 0.15) is 69.7 Å². The van der Waals surface area contributed by atoms with Gasteiger partial charge in [-0.05, 0) is 49.3 Å². The summed E-state index contributed by atoms with van der Waals surface area (Å²) in [4.78, 5) is 4.16. The Balaban J connectivity index is 1.90. The van der Waals surface area contributed by atoms with Gasteiger partial charge in [-0.2, -0.15) is 5.10 Å². The number of aromatic nitrogens is 3. The van der Waals surface area contributed by atoms with Crippen LogP contribution in [0.2, 0.25) is 0 Å². The minimum atomic E-state index is -0.280. The monoisotopic (exact) mass is 289 g/mol. The van der Waals surface area contributed by atoms with Crippen molar-refractivity contribution in [1.82, 2.24) is 14.8 Å². The Morgan fingerprint density at radius 3 is 2.43 bits per heavy atom. The quantitative estimate of drug-likeness (QED) is 0.772. The lowest BCUT2D eigenvalue weighted by atomic mass is 9.98. The van der Waals surface area contributed by atoms with E-state index in [4.69, 9.17) is 0 Å². The average molecular weight is 289 g/mol. The van der Waals surface area contributed by atoms with Gasteiger partial charge in [0.2, 0.25) is 0 Å². The number of nitrogens with zero attached hydrogens (tertiary/aromatic N) is 3. The molecule has 0 aliphatic rings. The molecule has 2 aromatic rings. The molecular formula is C17H24FN3. The van der Waals surface area contributed by atoms with E-state index >= 15 is 0 Å². The van der Waals surface area contributed by atoms with Crippen LogP contribution >= 0.6 is 0 Å². The van der Waals surface area contributed by atoms with Crippen molar-refractivity contribution < 1.29 is 4.39 Å². The second kappa shape index (κ2) is 6.83. The van der Waals surface area contributed by atoms with Gasteiger partial charge in [-0.15, -0.1) is 0 Å². The average Bonchev–Trinajstić information content (AvgIpc) is 2.95. The summed E-state index contributed by atoms with van der Waals surface area (Å²) in [5.41, 5.74) is 2.22. The van der Waals surface area contributed by atoms with Crippen LogP contribution in [-0.4, -0.2) is 14.8 Å². The van der Waals surface area contributed by atoms with Gasteiger partial charge in [0, 0.05) is 17.9 Å². The van der Waals surface area contributed by atoms with Crippen LogP contribution in [0.3, 0.4) is 0 Å². The molecule has 0 N–H and O–H groups in total. The van der Waals surface area contributed by atoms with E-state index in [0.717, 1.165) is 18.5 Å². The highest BCUT2D eigenvalue weighted by Gasteiger charge is 2.12. The molecular weight excluding hydrogens is 265 g/mol. The molecule has 2 rings (SSSR count). The molecule has 2 atom stereocenters. The largest absolute Gasteiger partial charge is 0.270 e. The summed E-state index contributed by atoms with van der Waals surface area (Å²) in [6, 6.07) is 3.61. The van der Waals surface area contributed by atoms with Crippen LogP contribution in [0.5, 0.6) is 0 Å². The third-order valence-electron chi connectivity index (χ3n) is 4.01. The van der Waals surface area contributed by atoms with Gasteiger partial charge < -0.3 is 0 Å². The van der Waals surface area contributed by atoms with Crippen molar-refractivity contribution in [3.63, 3.8) is 0 Å². The summed E-state index contributed by atoms with van der Waals surface area (Å²) in [6.45, 7) is 8.67. The molecule has 0 aliphatic carbocycles. The summed E-state index contributed by atoms with van der Waals surface area (Å²) in [6.07, 6.45) is 7.41. The zero-order chi connectivity index (χ0) is 15.4. The number of halogens is 1. The summed E-state index contributed by atoms with van der Waals surface area (Å²) in [7, 11) is 0. The third kappa shape index (κ3) is 4.13. The molecule has 2 unspecified atom stereocenters. The molecule has 0 saturated heterocycles. The third-order valence-corrected chi connectivity index (χ3v) is 4.01. The van der Waals surface area contributed by atoms with E-state index in [1.165, 1.54) is 17.8 Å². The fraction of sp³-hybridized carbons (Fsp3) is 0.529. The molecule has 2 aromatic heterocycles. The number of pyridine rings is 1. The van der Waals surface area contributed by atoms with Crippen LogP contribution < -0.4 is 0 Å². The molecule has 2 heterocycles. The van der Waals surface area contributed by atoms with Crippen molar-refractivity contribution in [2.75, 3.05) is 0 Å². The maximum absolute atomic E-state index is 12.9. The minimum absolute atomic E-state index is 0.280. The SMILES string of the molecule is CC(C)c1cnn(C(C)CCC(C)c2ccc(F)cn2)c1. The lowest BCUT2D eigenvalue weighted by Crippen LogP contribution is -2.08. The molecule has 0 saturated carbocycles. The first kappa shape index (κ1) is 15.7. The molecule has 0 aromatic carbocycles. The van der Waals surface area contributed by atoms with E-state index in [0.29, 0.717) is 17.9 Å². The van der Waals surface area contributed by atoms with Crippen molar-refractivity contribution in [3.05, 3.63) is 47.8 Å². The Labute approximate surface area is 126 Å². The van der Waals surface area contributed by atoms with Crippen molar-refractivity contribution in [2.45, 2.75) is 58.4 Å². The smallest absolute Gasteiger partial charge is 0.141 e. The van der Waals surface area contributed by atoms with E-state index < -0.39 is 0 Å². The standard InChI is InChI=1S/C17H24FN3/c1-12(2)15-9-20-21(11-15)14(4)6-5-13(3)17-8-7-16(18)10-19-17/h7-14H,5-6H2,1-4H3. The maximum atomic E-state index is 12.9. The van der Waals surface area contributed by atoms with Crippen LogP contribution in [0.25, 0.3) is 0 Å². The van der Waals surface area contributed by atoms with Crippen LogP contribution in [0.15, 0.2) is 30.7 Å². The maximum Gasteiger partial charge on any atom is 0.141 e. The normalized spacial score (nSPS) is 14.4. The van der Waals surface area contributed by atoms with Crippen molar-refractivity contribution in [1.29, 1.82) is 0 Å². The van der Waals surface area contributed by atoms with Crippen molar-refractivity contribution >= 4 is 0 Å². The predicted octanol–water partition coefficient (Wildman–Crippen LogP) is 4.69. The van der Waals surface area contributed by atoms with Gasteiger partial charge in [-0.3, -0.25) is 9.67 Å². The van der Waals surface area contributed by atoms with Gasteiger partial charge in [0.05, 0.1) is 12.4 Å². The fourth-order valence-corrected chi connectivity index (χ4v) is 2.34. The van der Waals surface area contributed by atoms with Gasteiger partial charge in [0.1, 0.15) is 5.82 Å². The van der Waals surface area contributed by atoms with E-state index in [1.807, 2.05) is 10.9 Å². The van der Waals surface area contributed by atoms with E-state index in [-0.39, 0.29) is 5.82 Å². The summed E-state index contributed by atoms with van der Waals surface area (Å²) >= 11 is 0. The molecule has 114 valence electrons. The van der Waals surface area contributed by atoms with Gasteiger partial charge >= 0.3 is 0 Å². The number of hydrogen-bond donors (Lipinski definition) is 0. The minimum Gasteiger partial charge on any atom is -0.270 e. The lowest BCUT2D eigenvalue weighted by Gasteiger charge is -2.16. The van der Waals surface area contributed by atoms with E-state index in [9.17, 15) is 4.39 Å². The molecule has 0 spiro atoms. The Bertz CT molecular complexity index is 560.